The zero-order valence-electron chi connectivity index (χ0n) is 11.2. The molecule has 0 bridgehead atoms. The van der Waals surface area contributed by atoms with Gasteiger partial charge in [-0.2, -0.15) is 0 Å². The van der Waals surface area contributed by atoms with E-state index in [-0.39, 0.29) is 11.3 Å². The molecule has 4 heteroatoms. The monoisotopic (exact) mass is 268 g/mol. The van der Waals surface area contributed by atoms with Gasteiger partial charge in [0.05, 0.1) is 10.9 Å². The number of nitrogens with one attached hydrogen (secondary N) is 1. The van der Waals surface area contributed by atoms with Crippen molar-refractivity contribution in [1.82, 2.24) is 10.3 Å². The molecule has 1 heterocycles. The summed E-state index contributed by atoms with van der Waals surface area (Å²) in [6, 6.07) is 3.60. The summed E-state index contributed by atoms with van der Waals surface area (Å²) < 4.78 is 0. The quantitative estimate of drug-likeness (QED) is 0.806. The minimum absolute atomic E-state index is 0.0117. The lowest BCUT2D eigenvalue weighted by Gasteiger charge is -2.19. The molecule has 0 aliphatic carbocycles. The van der Waals surface area contributed by atoms with E-state index in [1.807, 2.05) is 13.0 Å². The number of hydrogen-bond acceptors (Lipinski definition) is 2. The van der Waals surface area contributed by atoms with Crippen LogP contribution in [0, 0.1) is 12.8 Å². The maximum Gasteiger partial charge on any atom is 0.252 e. The molecule has 0 saturated heterocycles. The number of hydrogen-bond donors (Lipinski definition) is 1. The average Bonchev–Trinajstić information content (AvgIpc) is 2.38. The van der Waals surface area contributed by atoms with Gasteiger partial charge in [0.2, 0.25) is 0 Å². The molecule has 3 nitrogen and oxygen atoms in total. The van der Waals surface area contributed by atoms with Crippen LogP contribution < -0.4 is 5.32 Å². The second kappa shape index (κ2) is 7.37. The van der Waals surface area contributed by atoms with Crippen molar-refractivity contribution in [3.05, 3.63) is 29.6 Å². The van der Waals surface area contributed by atoms with Crippen LogP contribution in [0.25, 0.3) is 0 Å². The van der Waals surface area contributed by atoms with Gasteiger partial charge in [-0.3, -0.25) is 9.78 Å². The molecule has 0 saturated carbocycles. The van der Waals surface area contributed by atoms with Gasteiger partial charge in [0.15, 0.2) is 0 Å². The number of amides is 1. The van der Waals surface area contributed by atoms with E-state index in [1.54, 1.807) is 12.3 Å². The van der Waals surface area contributed by atoms with Gasteiger partial charge < -0.3 is 5.32 Å². The Balaban J connectivity index is 2.48. The predicted molar refractivity (Wildman–Crippen MR) is 75.0 cm³/mol. The summed E-state index contributed by atoms with van der Waals surface area (Å²) in [6.07, 6.45) is 3.66. The minimum Gasteiger partial charge on any atom is -0.350 e. The normalized spacial score (nSPS) is 12.5. The van der Waals surface area contributed by atoms with Crippen molar-refractivity contribution in [3.8, 4) is 0 Å². The van der Waals surface area contributed by atoms with E-state index in [1.165, 1.54) is 0 Å². The molecule has 100 valence electrons. The zero-order chi connectivity index (χ0) is 13.5. The topological polar surface area (TPSA) is 42.0 Å². The molecule has 18 heavy (non-hydrogen) atoms. The number of pyridine rings is 1. The van der Waals surface area contributed by atoms with Crippen molar-refractivity contribution < 1.29 is 4.79 Å². The van der Waals surface area contributed by atoms with Crippen molar-refractivity contribution in [2.75, 3.05) is 6.54 Å². The van der Waals surface area contributed by atoms with Crippen LogP contribution in [0.5, 0.6) is 0 Å². The van der Waals surface area contributed by atoms with Crippen LogP contribution in [0.3, 0.4) is 0 Å². The summed E-state index contributed by atoms with van der Waals surface area (Å²) in [4.78, 5) is 16.0. The number of aromatic nitrogens is 1. The Morgan fingerprint density at radius 3 is 2.56 bits per heavy atom. The zero-order valence-corrected chi connectivity index (χ0v) is 12.0. The molecule has 1 unspecified atom stereocenters. The Kier molecular flexibility index (Phi) is 6.13. The van der Waals surface area contributed by atoms with Gasteiger partial charge in [0, 0.05) is 18.4 Å². The van der Waals surface area contributed by atoms with Crippen molar-refractivity contribution in [2.24, 2.45) is 5.92 Å². The fourth-order valence-electron chi connectivity index (χ4n) is 1.86. The highest BCUT2D eigenvalue weighted by atomic mass is 35.5. The van der Waals surface area contributed by atoms with Crippen molar-refractivity contribution in [2.45, 2.75) is 39.0 Å². The molecule has 0 fully saturated rings. The maximum atomic E-state index is 11.8. The summed E-state index contributed by atoms with van der Waals surface area (Å²) in [5.41, 5.74) is 1.48. The first-order valence-corrected chi connectivity index (χ1v) is 6.87. The van der Waals surface area contributed by atoms with Crippen LogP contribution in [-0.4, -0.2) is 22.8 Å². The fourth-order valence-corrected chi connectivity index (χ4v) is 2.29. The van der Waals surface area contributed by atoms with Crippen molar-refractivity contribution in [1.29, 1.82) is 0 Å². The molecule has 0 spiro atoms. The third-order valence-electron chi connectivity index (χ3n) is 3.19. The number of alkyl halides is 1. The van der Waals surface area contributed by atoms with Crippen LogP contribution in [0.4, 0.5) is 0 Å². The van der Waals surface area contributed by atoms with Crippen LogP contribution in [-0.2, 0) is 0 Å². The van der Waals surface area contributed by atoms with E-state index in [9.17, 15) is 4.79 Å². The number of rotatable bonds is 6. The van der Waals surface area contributed by atoms with Gasteiger partial charge in [-0.25, -0.2) is 0 Å². The fraction of sp³-hybridized carbons (Fsp3) is 0.571. The van der Waals surface area contributed by atoms with E-state index in [0.717, 1.165) is 18.5 Å². The number of carbonyl (C=O) groups is 1. The van der Waals surface area contributed by atoms with Gasteiger partial charge in [-0.1, -0.05) is 26.7 Å². The summed E-state index contributed by atoms with van der Waals surface area (Å²) in [5, 5.41) is 2.84. The molecule has 0 aromatic carbocycles. The van der Waals surface area contributed by atoms with E-state index in [0.29, 0.717) is 18.0 Å². The van der Waals surface area contributed by atoms with Crippen LogP contribution >= 0.6 is 11.6 Å². The van der Waals surface area contributed by atoms with Crippen LogP contribution in [0.2, 0.25) is 0 Å². The first-order valence-electron chi connectivity index (χ1n) is 6.43. The maximum absolute atomic E-state index is 11.8. The first-order chi connectivity index (χ1) is 8.58. The average molecular weight is 269 g/mol. The highest BCUT2D eigenvalue weighted by molar-refractivity contribution is 6.21. The smallest absolute Gasteiger partial charge is 0.252 e. The SMILES string of the molecule is CCC(CC)C(Cl)CNC(=O)c1ccc(C)nc1. The molecular weight excluding hydrogens is 248 g/mol. The largest absolute Gasteiger partial charge is 0.350 e. The first kappa shape index (κ1) is 15.0. The lowest BCUT2D eigenvalue weighted by molar-refractivity contribution is 0.0951. The van der Waals surface area contributed by atoms with E-state index in [4.69, 9.17) is 11.6 Å². The predicted octanol–water partition coefficient (Wildman–Crippen LogP) is 3.16. The Bertz CT molecular complexity index is 374. The third-order valence-corrected chi connectivity index (χ3v) is 3.70. The van der Waals surface area contributed by atoms with Crippen molar-refractivity contribution >= 4 is 17.5 Å². The second-order valence-corrected chi connectivity index (χ2v) is 5.05. The summed E-state index contributed by atoms with van der Waals surface area (Å²) >= 11 is 6.27. The second-order valence-electron chi connectivity index (χ2n) is 4.49. The molecule has 0 radical (unpaired) electrons. The number of carbonyl (C=O) groups excluding carboxylic acids is 1. The molecule has 0 aliphatic rings. The standard InChI is InChI=1S/C14H21ClN2O/c1-4-11(5-2)13(15)9-17-14(18)12-7-6-10(3)16-8-12/h6-8,11,13H,4-5,9H2,1-3H3,(H,17,18). The van der Waals surface area contributed by atoms with Crippen LogP contribution in [0.15, 0.2) is 18.3 Å². The van der Waals surface area contributed by atoms with E-state index in [2.05, 4.69) is 24.1 Å². The van der Waals surface area contributed by atoms with Gasteiger partial charge in [0.25, 0.3) is 5.91 Å². The van der Waals surface area contributed by atoms with Gasteiger partial charge in [-0.15, -0.1) is 11.6 Å². The molecule has 1 rings (SSSR count). The number of nitrogens with zero attached hydrogens (tertiary/aromatic N) is 1. The van der Waals surface area contributed by atoms with Gasteiger partial charge in [-0.05, 0) is 25.0 Å². The summed E-state index contributed by atoms with van der Waals surface area (Å²) in [5.74, 6) is 0.335. The molecular formula is C14H21ClN2O. The van der Waals surface area contributed by atoms with E-state index >= 15 is 0 Å². The lowest BCUT2D eigenvalue weighted by Crippen LogP contribution is -2.33. The molecule has 1 aromatic heterocycles. The molecule has 1 amide bonds. The molecule has 1 atom stereocenters. The molecule has 1 N–H and O–H groups in total. The van der Waals surface area contributed by atoms with Gasteiger partial charge >= 0.3 is 0 Å². The summed E-state index contributed by atoms with van der Waals surface area (Å²) in [7, 11) is 0. The highest BCUT2D eigenvalue weighted by Crippen LogP contribution is 2.17. The Morgan fingerprint density at radius 2 is 2.06 bits per heavy atom. The Hall–Kier alpha value is -1.09. The van der Waals surface area contributed by atoms with Crippen molar-refractivity contribution in [3.63, 3.8) is 0 Å². The minimum atomic E-state index is -0.112. The van der Waals surface area contributed by atoms with Crippen LogP contribution in [0.1, 0.15) is 42.7 Å². The summed E-state index contributed by atoms with van der Waals surface area (Å²) in [6.45, 7) is 6.63. The molecule has 1 aromatic rings. The number of halogens is 1. The third kappa shape index (κ3) is 4.30. The lowest BCUT2D eigenvalue weighted by atomic mass is 9.99. The number of aryl methyl sites for hydroxylation is 1. The Morgan fingerprint density at radius 1 is 1.39 bits per heavy atom. The molecule has 0 aliphatic heterocycles. The Labute approximate surface area is 114 Å². The van der Waals surface area contributed by atoms with E-state index < -0.39 is 0 Å². The highest BCUT2D eigenvalue weighted by Gasteiger charge is 2.16. The van der Waals surface area contributed by atoms with Gasteiger partial charge in [0.1, 0.15) is 0 Å².